The fraction of sp³-hybridized carbons (Fsp3) is 0.267. The van der Waals surface area contributed by atoms with E-state index in [2.05, 4.69) is 38.9 Å². The predicted molar refractivity (Wildman–Crippen MR) is 84.2 cm³/mol. The molecule has 2 N–H and O–H groups in total. The van der Waals surface area contributed by atoms with E-state index in [-0.39, 0.29) is 5.02 Å². The molecule has 0 unspecified atom stereocenters. The second-order valence-electron chi connectivity index (χ2n) is 5.07. The number of rotatable bonds is 3. The van der Waals surface area contributed by atoms with Gasteiger partial charge in [-0.3, -0.25) is 10.2 Å². The van der Waals surface area contributed by atoms with Gasteiger partial charge in [-0.05, 0) is 48.9 Å². The summed E-state index contributed by atoms with van der Waals surface area (Å²) in [5.41, 5.74) is 7.48. The number of H-pyrrole nitrogens is 1. The topological polar surface area (TPSA) is 70.1 Å². The summed E-state index contributed by atoms with van der Waals surface area (Å²) in [6.45, 7) is 1.91. The summed E-state index contributed by atoms with van der Waals surface area (Å²) in [6, 6.07) is 6.42. The van der Waals surface area contributed by atoms with Crippen molar-refractivity contribution in [3.8, 4) is 0 Å². The molecule has 108 valence electrons. The molecule has 3 rings (SSSR count). The molecule has 0 saturated heterocycles. The van der Waals surface area contributed by atoms with Crippen molar-refractivity contribution >= 4 is 23.0 Å². The van der Waals surface area contributed by atoms with E-state index >= 15 is 0 Å². The molecule has 1 aliphatic carbocycles. The lowest BCUT2D eigenvalue weighted by Gasteiger charge is -2.06. The number of fused-ring (bicyclic) bond motifs is 1. The number of benzene rings is 1. The molecule has 0 fully saturated rings. The van der Waals surface area contributed by atoms with Crippen LogP contribution >= 0.6 is 11.6 Å². The van der Waals surface area contributed by atoms with Crippen LogP contribution in [0.4, 0.5) is 5.69 Å². The van der Waals surface area contributed by atoms with Crippen molar-refractivity contribution in [2.24, 2.45) is 5.10 Å². The van der Waals surface area contributed by atoms with Crippen molar-refractivity contribution in [1.82, 2.24) is 10.2 Å². The quantitative estimate of drug-likeness (QED) is 0.676. The van der Waals surface area contributed by atoms with Gasteiger partial charge < -0.3 is 0 Å². The minimum Gasteiger partial charge on any atom is -0.275 e. The summed E-state index contributed by atoms with van der Waals surface area (Å²) in [5.74, 6) is 0. The van der Waals surface area contributed by atoms with E-state index in [1.54, 1.807) is 0 Å². The molecule has 6 heteroatoms. The summed E-state index contributed by atoms with van der Waals surface area (Å²) >= 11 is 5.88. The molecular weight excluding hydrogens is 288 g/mol. The second kappa shape index (κ2) is 5.69. The molecule has 2 aromatic rings. The van der Waals surface area contributed by atoms with E-state index in [9.17, 15) is 4.79 Å². The number of aromatic amines is 1. The highest BCUT2D eigenvalue weighted by Crippen LogP contribution is 2.23. The summed E-state index contributed by atoms with van der Waals surface area (Å²) in [5, 5.41) is 10.3. The number of aryl methyl sites for hydroxylation is 2. The van der Waals surface area contributed by atoms with Crippen molar-refractivity contribution in [2.75, 3.05) is 5.43 Å². The van der Waals surface area contributed by atoms with Crippen LogP contribution in [-0.2, 0) is 12.8 Å². The van der Waals surface area contributed by atoms with Crippen molar-refractivity contribution in [3.05, 3.63) is 56.5 Å². The molecule has 21 heavy (non-hydrogen) atoms. The van der Waals surface area contributed by atoms with Crippen molar-refractivity contribution in [2.45, 2.75) is 26.2 Å². The zero-order chi connectivity index (χ0) is 14.8. The Balaban J connectivity index is 1.83. The van der Waals surface area contributed by atoms with Crippen LogP contribution < -0.4 is 11.0 Å². The normalized spacial score (nSPS) is 14.1. The Bertz CT molecular complexity index is 767. The summed E-state index contributed by atoms with van der Waals surface area (Å²) < 4.78 is 0. The van der Waals surface area contributed by atoms with E-state index in [0.717, 1.165) is 24.1 Å². The number of anilines is 1. The van der Waals surface area contributed by atoms with Crippen molar-refractivity contribution in [1.29, 1.82) is 0 Å². The highest BCUT2D eigenvalue weighted by molar-refractivity contribution is 6.32. The zero-order valence-electron chi connectivity index (χ0n) is 11.6. The molecule has 0 spiro atoms. The lowest BCUT2D eigenvalue weighted by molar-refractivity contribution is 0.912. The van der Waals surface area contributed by atoms with Crippen molar-refractivity contribution in [3.63, 3.8) is 0 Å². The number of aromatic nitrogens is 2. The van der Waals surface area contributed by atoms with Gasteiger partial charge in [-0.2, -0.15) is 10.2 Å². The van der Waals surface area contributed by atoms with E-state index < -0.39 is 5.56 Å². The molecule has 0 bridgehead atoms. The molecule has 1 aromatic carbocycles. The summed E-state index contributed by atoms with van der Waals surface area (Å²) in [6.07, 6.45) is 4.95. The molecule has 1 heterocycles. The van der Waals surface area contributed by atoms with Gasteiger partial charge >= 0.3 is 0 Å². The van der Waals surface area contributed by atoms with E-state index in [1.807, 2.05) is 6.92 Å². The average Bonchev–Trinajstić information content (AvgIpc) is 2.96. The molecule has 0 aliphatic heterocycles. The molecule has 0 atom stereocenters. The molecule has 0 saturated carbocycles. The Kier molecular flexibility index (Phi) is 3.75. The third-order valence-corrected chi connectivity index (χ3v) is 4.03. The van der Waals surface area contributed by atoms with Crippen LogP contribution in [0.2, 0.25) is 5.02 Å². The highest BCUT2D eigenvalue weighted by Gasteiger charge is 2.11. The highest BCUT2D eigenvalue weighted by atomic mass is 35.5. The first kappa shape index (κ1) is 13.8. The number of hydrazone groups is 1. The van der Waals surface area contributed by atoms with Gasteiger partial charge in [0.25, 0.3) is 5.56 Å². The van der Waals surface area contributed by atoms with Crippen LogP contribution in [0.15, 0.2) is 34.3 Å². The lowest BCUT2D eigenvalue weighted by atomic mass is 10.0. The fourth-order valence-corrected chi connectivity index (χ4v) is 2.60. The number of nitrogens with one attached hydrogen (secondary N) is 2. The van der Waals surface area contributed by atoms with Gasteiger partial charge in [0.2, 0.25) is 0 Å². The standard InChI is InChI=1S/C15H15ClN4O/c1-9(11-6-5-10-3-2-4-12(10)7-11)18-19-13-8-17-20-15(21)14(13)16/h5-8H,2-4H2,1H3,(H2,19,20,21)/b18-9-. The third-order valence-electron chi connectivity index (χ3n) is 3.66. The lowest BCUT2D eigenvalue weighted by Crippen LogP contribution is -2.10. The first-order chi connectivity index (χ1) is 10.1. The first-order valence-corrected chi connectivity index (χ1v) is 7.18. The second-order valence-corrected chi connectivity index (χ2v) is 5.45. The Labute approximate surface area is 127 Å². The van der Waals surface area contributed by atoms with Gasteiger partial charge in [-0.1, -0.05) is 23.7 Å². The van der Waals surface area contributed by atoms with Gasteiger partial charge in [0.15, 0.2) is 0 Å². The van der Waals surface area contributed by atoms with E-state index in [0.29, 0.717) is 5.69 Å². The predicted octanol–water partition coefficient (Wildman–Crippen LogP) is 2.75. The van der Waals surface area contributed by atoms with Crippen LogP contribution in [0.25, 0.3) is 0 Å². The molecule has 1 aromatic heterocycles. The number of hydrogen-bond donors (Lipinski definition) is 2. The Morgan fingerprint density at radius 3 is 3.05 bits per heavy atom. The Hall–Kier alpha value is -2.14. The average molecular weight is 303 g/mol. The minimum atomic E-state index is -0.438. The van der Waals surface area contributed by atoms with E-state index in [1.165, 1.54) is 23.7 Å². The van der Waals surface area contributed by atoms with Crippen LogP contribution in [0.5, 0.6) is 0 Å². The van der Waals surface area contributed by atoms with Gasteiger partial charge in [-0.25, -0.2) is 5.10 Å². The van der Waals surface area contributed by atoms with E-state index in [4.69, 9.17) is 11.6 Å². The number of halogens is 1. The SMILES string of the molecule is C/C(=N/Nc1cn[nH]c(=O)c1Cl)c1ccc2c(c1)CCC2. The summed E-state index contributed by atoms with van der Waals surface area (Å²) in [7, 11) is 0. The minimum absolute atomic E-state index is 0.0514. The fourth-order valence-electron chi connectivity index (χ4n) is 2.47. The smallest absolute Gasteiger partial charge is 0.275 e. The summed E-state index contributed by atoms with van der Waals surface area (Å²) in [4.78, 5) is 11.3. The van der Waals surface area contributed by atoms with Gasteiger partial charge in [0.1, 0.15) is 10.7 Å². The van der Waals surface area contributed by atoms with Crippen LogP contribution in [0, 0.1) is 0 Å². The molecule has 0 amide bonds. The van der Waals surface area contributed by atoms with Crippen LogP contribution in [0.3, 0.4) is 0 Å². The molecular formula is C15H15ClN4O. The first-order valence-electron chi connectivity index (χ1n) is 6.81. The number of hydrogen-bond acceptors (Lipinski definition) is 4. The van der Waals surface area contributed by atoms with Crippen LogP contribution in [-0.4, -0.2) is 15.9 Å². The van der Waals surface area contributed by atoms with Gasteiger partial charge in [0, 0.05) is 0 Å². The molecule has 0 radical (unpaired) electrons. The largest absolute Gasteiger partial charge is 0.285 e. The van der Waals surface area contributed by atoms with Crippen LogP contribution in [0.1, 0.15) is 30.0 Å². The third kappa shape index (κ3) is 2.83. The maximum absolute atomic E-state index is 11.3. The Morgan fingerprint density at radius 1 is 1.38 bits per heavy atom. The maximum Gasteiger partial charge on any atom is 0.285 e. The molecule has 1 aliphatic rings. The monoisotopic (exact) mass is 302 g/mol. The van der Waals surface area contributed by atoms with Gasteiger partial charge in [0.05, 0.1) is 11.9 Å². The number of nitrogens with zero attached hydrogens (tertiary/aromatic N) is 2. The van der Waals surface area contributed by atoms with Crippen molar-refractivity contribution < 1.29 is 0 Å². The zero-order valence-corrected chi connectivity index (χ0v) is 12.4. The maximum atomic E-state index is 11.3. The molecule has 5 nitrogen and oxygen atoms in total. The Morgan fingerprint density at radius 2 is 2.19 bits per heavy atom. The van der Waals surface area contributed by atoms with Gasteiger partial charge in [-0.15, -0.1) is 0 Å².